The fourth-order valence-corrected chi connectivity index (χ4v) is 3.58. The first kappa shape index (κ1) is 16.0. The van der Waals surface area contributed by atoms with Crippen molar-refractivity contribution in [1.82, 2.24) is 14.9 Å². The summed E-state index contributed by atoms with van der Waals surface area (Å²) in [6.45, 7) is 3.14. The highest BCUT2D eigenvalue weighted by atomic mass is 19.1. The number of nitrogens with one attached hydrogen (secondary N) is 1. The molecule has 2 aromatic carbocycles. The van der Waals surface area contributed by atoms with Crippen molar-refractivity contribution in [3.05, 3.63) is 78.0 Å². The van der Waals surface area contributed by atoms with Crippen LogP contribution in [0.25, 0.3) is 11.3 Å². The number of rotatable bonds is 4. The van der Waals surface area contributed by atoms with Crippen LogP contribution in [0.15, 0.2) is 60.8 Å². The fourth-order valence-electron chi connectivity index (χ4n) is 3.58. The lowest BCUT2D eigenvalue weighted by Gasteiger charge is -2.31. The Bertz CT molecular complexity index is 811. The minimum absolute atomic E-state index is 0.215. The quantitative estimate of drug-likeness (QED) is 0.756. The van der Waals surface area contributed by atoms with Crippen LogP contribution in [0.3, 0.4) is 0 Å². The van der Waals surface area contributed by atoms with E-state index in [0.717, 1.165) is 43.1 Å². The number of aromatic nitrogens is 2. The molecule has 0 saturated carbocycles. The number of piperidine rings is 1. The number of likely N-dealkylation sites (tertiary alicyclic amines) is 1. The van der Waals surface area contributed by atoms with E-state index in [2.05, 4.69) is 45.2 Å². The number of hydrogen-bond acceptors (Lipinski definition) is 2. The van der Waals surface area contributed by atoms with Crippen LogP contribution in [-0.2, 0) is 6.54 Å². The number of hydrogen-bond donors (Lipinski definition) is 1. The maximum Gasteiger partial charge on any atom is 0.123 e. The highest BCUT2D eigenvalue weighted by molar-refractivity contribution is 5.58. The van der Waals surface area contributed by atoms with E-state index in [1.807, 2.05) is 6.20 Å². The third kappa shape index (κ3) is 3.80. The largest absolute Gasteiger partial charge is 0.342 e. The molecule has 25 heavy (non-hydrogen) atoms. The second kappa shape index (κ2) is 7.19. The molecule has 2 heterocycles. The Kier molecular flexibility index (Phi) is 4.61. The second-order valence-electron chi connectivity index (χ2n) is 6.75. The number of benzene rings is 2. The van der Waals surface area contributed by atoms with Crippen molar-refractivity contribution in [2.24, 2.45) is 0 Å². The maximum atomic E-state index is 13.1. The lowest BCUT2D eigenvalue weighted by atomic mass is 9.97. The Morgan fingerprint density at radius 2 is 1.88 bits per heavy atom. The molecule has 0 amide bonds. The highest BCUT2D eigenvalue weighted by Gasteiger charge is 2.23. The van der Waals surface area contributed by atoms with Crippen molar-refractivity contribution in [2.45, 2.75) is 25.3 Å². The molecule has 0 spiro atoms. The average Bonchev–Trinajstić information content (AvgIpc) is 3.14. The number of aromatic amines is 1. The Balaban J connectivity index is 1.45. The van der Waals surface area contributed by atoms with Crippen LogP contribution in [0.1, 0.15) is 30.1 Å². The van der Waals surface area contributed by atoms with Gasteiger partial charge in [0.15, 0.2) is 0 Å². The van der Waals surface area contributed by atoms with Gasteiger partial charge in [-0.3, -0.25) is 4.90 Å². The molecule has 4 rings (SSSR count). The first-order chi connectivity index (χ1) is 12.3. The van der Waals surface area contributed by atoms with Crippen LogP contribution in [0.4, 0.5) is 4.39 Å². The number of nitrogens with zero attached hydrogens (tertiary/aromatic N) is 2. The van der Waals surface area contributed by atoms with E-state index in [9.17, 15) is 4.39 Å². The SMILES string of the molecule is Fc1ccc(-c2cnc(C3CCCN(Cc4ccccc4)C3)[nH]2)cc1. The van der Waals surface area contributed by atoms with Crippen molar-refractivity contribution in [3.63, 3.8) is 0 Å². The van der Waals surface area contributed by atoms with Gasteiger partial charge in [-0.15, -0.1) is 0 Å². The van der Waals surface area contributed by atoms with Gasteiger partial charge in [-0.05, 0) is 54.8 Å². The minimum Gasteiger partial charge on any atom is -0.342 e. The van der Waals surface area contributed by atoms with Gasteiger partial charge in [0.05, 0.1) is 11.9 Å². The third-order valence-electron chi connectivity index (χ3n) is 4.89. The first-order valence-electron chi connectivity index (χ1n) is 8.85. The molecule has 3 nitrogen and oxygen atoms in total. The molecule has 0 aliphatic carbocycles. The summed E-state index contributed by atoms with van der Waals surface area (Å²) in [5, 5.41) is 0. The predicted molar refractivity (Wildman–Crippen MR) is 97.7 cm³/mol. The van der Waals surface area contributed by atoms with Crippen LogP contribution in [0.5, 0.6) is 0 Å². The van der Waals surface area contributed by atoms with Gasteiger partial charge < -0.3 is 4.98 Å². The molecule has 0 radical (unpaired) electrons. The van der Waals surface area contributed by atoms with Gasteiger partial charge in [-0.25, -0.2) is 9.37 Å². The molecule has 1 aromatic heterocycles. The summed E-state index contributed by atoms with van der Waals surface area (Å²) in [6, 6.07) is 17.2. The number of H-pyrrole nitrogens is 1. The van der Waals surface area contributed by atoms with Crippen LogP contribution in [0.2, 0.25) is 0 Å². The summed E-state index contributed by atoms with van der Waals surface area (Å²) in [5.74, 6) is 1.25. The van der Waals surface area contributed by atoms with E-state index in [1.54, 1.807) is 12.1 Å². The minimum atomic E-state index is -0.215. The molecule has 1 N–H and O–H groups in total. The zero-order chi connectivity index (χ0) is 17.1. The summed E-state index contributed by atoms with van der Waals surface area (Å²) in [6.07, 6.45) is 4.20. The van der Waals surface area contributed by atoms with E-state index >= 15 is 0 Å². The normalized spacial score (nSPS) is 18.4. The van der Waals surface area contributed by atoms with E-state index in [-0.39, 0.29) is 5.82 Å². The highest BCUT2D eigenvalue weighted by Crippen LogP contribution is 2.28. The first-order valence-corrected chi connectivity index (χ1v) is 8.85. The summed E-state index contributed by atoms with van der Waals surface area (Å²) < 4.78 is 13.1. The fraction of sp³-hybridized carbons (Fsp3) is 0.286. The van der Waals surface area contributed by atoms with Gasteiger partial charge in [-0.2, -0.15) is 0 Å². The number of halogens is 1. The Hall–Kier alpha value is -2.46. The van der Waals surface area contributed by atoms with Gasteiger partial charge in [-0.1, -0.05) is 30.3 Å². The summed E-state index contributed by atoms with van der Waals surface area (Å²) >= 11 is 0. The summed E-state index contributed by atoms with van der Waals surface area (Å²) in [7, 11) is 0. The number of imidazole rings is 1. The van der Waals surface area contributed by atoms with Crippen molar-refractivity contribution in [1.29, 1.82) is 0 Å². The molecule has 0 bridgehead atoms. The maximum absolute atomic E-state index is 13.1. The Morgan fingerprint density at radius 1 is 1.08 bits per heavy atom. The van der Waals surface area contributed by atoms with Gasteiger partial charge in [0.1, 0.15) is 11.6 Å². The molecule has 1 atom stereocenters. The smallest absolute Gasteiger partial charge is 0.123 e. The van der Waals surface area contributed by atoms with Crippen molar-refractivity contribution < 1.29 is 4.39 Å². The molecule has 4 heteroatoms. The van der Waals surface area contributed by atoms with E-state index in [0.29, 0.717) is 5.92 Å². The average molecular weight is 335 g/mol. The Labute approximate surface area is 147 Å². The zero-order valence-electron chi connectivity index (χ0n) is 14.2. The molecule has 1 saturated heterocycles. The van der Waals surface area contributed by atoms with Gasteiger partial charge >= 0.3 is 0 Å². The molecular formula is C21H22FN3. The molecule has 1 aliphatic heterocycles. The van der Waals surface area contributed by atoms with Crippen molar-refractivity contribution in [2.75, 3.05) is 13.1 Å². The molecule has 1 aliphatic rings. The topological polar surface area (TPSA) is 31.9 Å². The lowest BCUT2D eigenvalue weighted by Crippen LogP contribution is -2.34. The van der Waals surface area contributed by atoms with Crippen LogP contribution >= 0.6 is 0 Å². The summed E-state index contributed by atoms with van der Waals surface area (Å²) in [5.41, 5.74) is 3.28. The molecule has 1 fully saturated rings. The third-order valence-corrected chi connectivity index (χ3v) is 4.89. The van der Waals surface area contributed by atoms with Gasteiger partial charge in [0.2, 0.25) is 0 Å². The van der Waals surface area contributed by atoms with Crippen molar-refractivity contribution in [3.8, 4) is 11.3 Å². The molecule has 3 aromatic rings. The molecule has 128 valence electrons. The molecule has 1 unspecified atom stereocenters. The summed E-state index contributed by atoms with van der Waals surface area (Å²) in [4.78, 5) is 10.6. The second-order valence-corrected chi connectivity index (χ2v) is 6.75. The Morgan fingerprint density at radius 3 is 2.68 bits per heavy atom. The van der Waals surface area contributed by atoms with Crippen LogP contribution in [0, 0.1) is 5.82 Å². The van der Waals surface area contributed by atoms with Crippen LogP contribution in [-0.4, -0.2) is 28.0 Å². The lowest BCUT2D eigenvalue weighted by molar-refractivity contribution is 0.197. The van der Waals surface area contributed by atoms with E-state index in [1.165, 1.54) is 24.1 Å². The molecular weight excluding hydrogens is 313 g/mol. The standard InChI is InChI=1S/C21H22FN3/c22-19-10-8-17(9-11-19)20-13-23-21(24-20)18-7-4-12-25(15-18)14-16-5-2-1-3-6-16/h1-3,5-6,8-11,13,18H,4,7,12,14-15H2,(H,23,24). The zero-order valence-corrected chi connectivity index (χ0v) is 14.2. The van der Waals surface area contributed by atoms with Gasteiger partial charge in [0.25, 0.3) is 0 Å². The van der Waals surface area contributed by atoms with Crippen LogP contribution < -0.4 is 0 Å². The van der Waals surface area contributed by atoms with E-state index < -0.39 is 0 Å². The van der Waals surface area contributed by atoms with Gasteiger partial charge in [0, 0.05) is 19.0 Å². The monoisotopic (exact) mass is 335 g/mol. The van der Waals surface area contributed by atoms with E-state index in [4.69, 9.17) is 0 Å². The predicted octanol–water partition coefficient (Wildman–Crippen LogP) is 4.60. The van der Waals surface area contributed by atoms with Crippen molar-refractivity contribution >= 4 is 0 Å².